The Hall–Kier alpha value is -0.0800. The van der Waals surface area contributed by atoms with Crippen LogP contribution in [0.2, 0.25) is 0 Å². The number of hydrogen-bond donors (Lipinski definition) is 1. The molecule has 0 aromatic heterocycles. The summed E-state index contributed by atoms with van der Waals surface area (Å²) in [6.45, 7) is 3.94. The summed E-state index contributed by atoms with van der Waals surface area (Å²) in [5.41, 5.74) is 0. The zero-order chi connectivity index (χ0) is 8.97. The summed E-state index contributed by atoms with van der Waals surface area (Å²) in [5.74, 6) is 0.902. The van der Waals surface area contributed by atoms with Gasteiger partial charge in [-0.15, -0.1) is 0 Å². The van der Waals surface area contributed by atoms with Crippen molar-refractivity contribution in [2.45, 2.75) is 58.3 Å². The van der Waals surface area contributed by atoms with Gasteiger partial charge in [0.05, 0.1) is 6.10 Å². The first-order valence-corrected chi connectivity index (χ1v) is 5.06. The summed E-state index contributed by atoms with van der Waals surface area (Å²) in [6, 6.07) is 0. The van der Waals surface area contributed by atoms with Crippen LogP contribution in [0.4, 0.5) is 0 Å². The van der Waals surface area contributed by atoms with Gasteiger partial charge < -0.3 is 9.84 Å². The van der Waals surface area contributed by atoms with Crippen molar-refractivity contribution in [1.29, 1.82) is 0 Å². The van der Waals surface area contributed by atoms with Crippen LogP contribution in [0.1, 0.15) is 46.0 Å². The molecule has 0 bridgehead atoms. The van der Waals surface area contributed by atoms with Crippen molar-refractivity contribution in [3.05, 3.63) is 0 Å². The van der Waals surface area contributed by atoms with Crippen LogP contribution in [-0.2, 0) is 4.74 Å². The molecule has 1 fully saturated rings. The van der Waals surface area contributed by atoms with Gasteiger partial charge in [0.15, 0.2) is 6.29 Å². The first-order valence-electron chi connectivity index (χ1n) is 5.06. The fraction of sp³-hybridized carbons (Fsp3) is 1.00. The quantitative estimate of drug-likeness (QED) is 0.662. The molecule has 1 aliphatic rings. The van der Waals surface area contributed by atoms with Crippen molar-refractivity contribution in [3.8, 4) is 0 Å². The van der Waals surface area contributed by atoms with Crippen molar-refractivity contribution in [2.75, 3.05) is 0 Å². The van der Waals surface area contributed by atoms with Crippen molar-refractivity contribution in [2.24, 2.45) is 5.92 Å². The van der Waals surface area contributed by atoms with Gasteiger partial charge in [0.1, 0.15) is 0 Å². The molecule has 1 N–H and O–H groups in total. The smallest absolute Gasteiger partial charge is 0.152 e. The van der Waals surface area contributed by atoms with E-state index in [1.165, 1.54) is 19.3 Å². The Morgan fingerprint density at radius 1 is 1.33 bits per heavy atom. The maximum absolute atomic E-state index is 9.01. The van der Waals surface area contributed by atoms with E-state index in [-0.39, 0.29) is 0 Å². The van der Waals surface area contributed by atoms with Crippen LogP contribution in [0, 0.1) is 5.92 Å². The standard InChI is InChI=1S/C10H20O2/c1-3-9-4-6-10(7-5-9)12-8(2)11/h8-11H,3-7H2,1-2H3. The molecule has 0 aromatic carbocycles. The summed E-state index contributed by atoms with van der Waals surface area (Å²) in [6.07, 6.45) is 5.82. The Morgan fingerprint density at radius 2 is 1.92 bits per heavy atom. The normalized spacial score (nSPS) is 33.2. The predicted octanol–water partition coefficient (Wildman–Crippen LogP) is 2.31. The van der Waals surface area contributed by atoms with Gasteiger partial charge in [-0.3, -0.25) is 0 Å². The molecule has 2 nitrogen and oxygen atoms in total. The van der Waals surface area contributed by atoms with E-state index in [4.69, 9.17) is 9.84 Å². The molecule has 12 heavy (non-hydrogen) atoms. The lowest BCUT2D eigenvalue weighted by molar-refractivity contribution is -0.134. The zero-order valence-corrected chi connectivity index (χ0v) is 8.12. The molecule has 1 atom stereocenters. The molecule has 72 valence electrons. The highest BCUT2D eigenvalue weighted by atomic mass is 16.6. The minimum Gasteiger partial charge on any atom is -0.368 e. The average Bonchev–Trinajstić information content (AvgIpc) is 2.05. The second kappa shape index (κ2) is 4.83. The summed E-state index contributed by atoms with van der Waals surface area (Å²) >= 11 is 0. The lowest BCUT2D eigenvalue weighted by Crippen LogP contribution is -2.25. The van der Waals surface area contributed by atoms with Crippen LogP contribution < -0.4 is 0 Å². The number of rotatable bonds is 3. The molecule has 1 unspecified atom stereocenters. The summed E-state index contributed by atoms with van der Waals surface area (Å²) in [4.78, 5) is 0. The maximum atomic E-state index is 9.01. The third-order valence-corrected chi connectivity index (χ3v) is 2.76. The highest BCUT2D eigenvalue weighted by Gasteiger charge is 2.21. The molecule has 0 heterocycles. The van der Waals surface area contributed by atoms with E-state index in [0.717, 1.165) is 18.8 Å². The molecular formula is C10H20O2. The first kappa shape index (κ1) is 10.0. The topological polar surface area (TPSA) is 29.5 Å². The van der Waals surface area contributed by atoms with E-state index in [1.807, 2.05) is 0 Å². The van der Waals surface area contributed by atoms with E-state index in [0.29, 0.717) is 6.10 Å². The van der Waals surface area contributed by atoms with Crippen molar-refractivity contribution in [3.63, 3.8) is 0 Å². The lowest BCUT2D eigenvalue weighted by Gasteiger charge is -2.28. The largest absolute Gasteiger partial charge is 0.368 e. The summed E-state index contributed by atoms with van der Waals surface area (Å²) in [5, 5.41) is 9.01. The fourth-order valence-corrected chi connectivity index (χ4v) is 1.95. The second-order valence-corrected chi connectivity index (χ2v) is 3.79. The Labute approximate surface area is 74.9 Å². The molecule has 0 aliphatic heterocycles. The molecule has 1 rings (SSSR count). The third-order valence-electron chi connectivity index (χ3n) is 2.76. The molecule has 0 amide bonds. The van der Waals surface area contributed by atoms with Gasteiger partial charge >= 0.3 is 0 Å². The molecule has 0 saturated heterocycles. The molecule has 0 radical (unpaired) electrons. The van der Waals surface area contributed by atoms with Crippen LogP contribution in [0.25, 0.3) is 0 Å². The Balaban J connectivity index is 2.17. The van der Waals surface area contributed by atoms with Gasteiger partial charge in [0, 0.05) is 0 Å². The predicted molar refractivity (Wildman–Crippen MR) is 48.8 cm³/mol. The average molecular weight is 172 g/mol. The lowest BCUT2D eigenvalue weighted by atomic mass is 9.86. The summed E-state index contributed by atoms with van der Waals surface area (Å²) < 4.78 is 5.34. The SMILES string of the molecule is CCC1CCC(OC(C)O)CC1. The van der Waals surface area contributed by atoms with Crippen molar-refractivity contribution < 1.29 is 9.84 Å². The number of aliphatic hydroxyl groups excluding tert-OH is 1. The highest BCUT2D eigenvalue weighted by Crippen LogP contribution is 2.28. The van der Waals surface area contributed by atoms with E-state index in [9.17, 15) is 0 Å². The van der Waals surface area contributed by atoms with Gasteiger partial charge in [-0.1, -0.05) is 13.3 Å². The van der Waals surface area contributed by atoms with Gasteiger partial charge in [0.2, 0.25) is 0 Å². The van der Waals surface area contributed by atoms with Crippen LogP contribution in [0.3, 0.4) is 0 Å². The maximum Gasteiger partial charge on any atom is 0.152 e. The van der Waals surface area contributed by atoms with Crippen LogP contribution >= 0.6 is 0 Å². The Kier molecular flexibility index (Phi) is 4.02. The summed E-state index contributed by atoms with van der Waals surface area (Å²) in [7, 11) is 0. The van der Waals surface area contributed by atoms with Gasteiger partial charge in [-0.25, -0.2) is 0 Å². The number of hydrogen-bond acceptors (Lipinski definition) is 2. The number of aliphatic hydroxyl groups is 1. The molecular weight excluding hydrogens is 152 g/mol. The number of ether oxygens (including phenoxy) is 1. The molecule has 1 saturated carbocycles. The van der Waals surface area contributed by atoms with Gasteiger partial charge in [-0.2, -0.15) is 0 Å². The second-order valence-electron chi connectivity index (χ2n) is 3.79. The van der Waals surface area contributed by atoms with Gasteiger partial charge in [-0.05, 0) is 38.5 Å². The van der Waals surface area contributed by atoms with Crippen LogP contribution in [0.5, 0.6) is 0 Å². The third kappa shape index (κ3) is 3.11. The fourth-order valence-electron chi connectivity index (χ4n) is 1.95. The first-order chi connectivity index (χ1) is 5.72. The molecule has 2 heteroatoms. The molecule has 1 aliphatic carbocycles. The minimum atomic E-state index is -0.590. The Morgan fingerprint density at radius 3 is 2.33 bits per heavy atom. The Bertz CT molecular complexity index is 115. The van der Waals surface area contributed by atoms with E-state index in [2.05, 4.69) is 6.92 Å². The van der Waals surface area contributed by atoms with Crippen molar-refractivity contribution in [1.82, 2.24) is 0 Å². The van der Waals surface area contributed by atoms with Crippen LogP contribution in [0.15, 0.2) is 0 Å². The van der Waals surface area contributed by atoms with Crippen LogP contribution in [-0.4, -0.2) is 17.5 Å². The monoisotopic (exact) mass is 172 g/mol. The van der Waals surface area contributed by atoms with Gasteiger partial charge in [0.25, 0.3) is 0 Å². The van der Waals surface area contributed by atoms with E-state index < -0.39 is 6.29 Å². The van der Waals surface area contributed by atoms with Crippen molar-refractivity contribution >= 4 is 0 Å². The minimum absolute atomic E-state index is 0.313. The van der Waals surface area contributed by atoms with E-state index in [1.54, 1.807) is 6.92 Å². The zero-order valence-electron chi connectivity index (χ0n) is 8.12. The highest BCUT2D eigenvalue weighted by molar-refractivity contribution is 4.71. The molecule has 0 spiro atoms. The van der Waals surface area contributed by atoms with E-state index >= 15 is 0 Å². The molecule has 0 aromatic rings.